The molecule has 1 aliphatic rings. The van der Waals surface area contributed by atoms with Gasteiger partial charge in [0.15, 0.2) is 0 Å². The van der Waals surface area contributed by atoms with Crippen molar-refractivity contribution in [3.63, 3.8) is 0 Å². The quantitative estimate of drug-likeness (QED) is 0.453. The predicted octanol–water partition coefficient (Wildman–Crippen LogP) is 5.38. The van der Waals surface area contributed by atoms with E-state index >= 15 is 0 Å². The molecule has 0 aromatic heterocycles. The Morgan fingerprint density at radius 1 is 0.971 bits per heavy atom. The standard InChI is InChI=1S/C29H30N4O/c1-33-22-21-31-27(26-11-5-6-12-28(26)33)18-15-23-13-16-24(17-14-23)29(34)32-20-8-7-19-30-25-9-3-2-4-10-25/h2-7,9-19,30H,8,20-22H2,1H3,(H,32,34)/b18-15+,19-7+. The van der Waals surface area contributed by atoms with E-state index in [0.717, 1.165) is 42.0 Å². The Bertz CT molecular complexity index is 1180. The van der Waals surface area contributed by atoms with E-state index in [4.69, 9.17) is 4.99 Å². The maximum atomic E-state index is 12.4. The number of fused-ring (bicyclic) bond motifs is 1. The summed E-state index contributed by atoms with van der Waals surface area (Å²) in [5.74, 6) is -0.0648. The fourth-order valence-corrected chi connectivity index (χ4v) is 3.76. The van der Waals surface area contributed by atoms with Crippen LogP contribution in [0.1, 0.15) is 27.9 Å². The van der Waals surface area contributed by atoms with Gasteiger partial charge in [0.25, 0.3) is 5.91 Å². The van der Waals surface area contributed by atoms with Crippen LogP contribution in [-0.2, 0) is 0 Å². The van der Waals surface area contributed by atoms with E-state index in [9.17, 15) is 4.79 Å². The molecule has 172 valence electrons. The Kier molecular flexibility index (Phi) is 7.90. The third kappa shape index (κ3) is 6.23. The number of hydrogen-bond donors (Lipinski definition) is 2. The molecule has 4 rings (SSSR count). The number of amides is 1. The Hall–Kier alpha value is -4.12. The summed E-state index contributed by atoms with van der Waals surface area (Å²) in [7, 11) is 2.10. The van der Waals surface area contributed by atoms with Crippen LogP contribution < -0.4 is 15.5 Å². The first kappa shape index (κ1) is 23.1. The van der Waals surface area contributed by atoms with Crippen LogP contribution in [0.5, 0.6) is 0 Å². The van der Waals surface area contributed by atoms with Gasteiger partial charge in [0.05, 0.1) is 12.3 Å². The lowest BCUT2D eigenvalue weighted by molar-refractivity contribution is 0.0954. The molecule has 1 aliphatic heterocycles. The van der Waals surface area contributed by atoms with Gasteiger partial charge in [0.1, 0.15) is 0 Å². The van der Waals surface area contributed by atoms with Crippen molar-refractivity contribution in [3.05, 3.63) is 114 Å². The third-order valence-electron chi connectivity index (χ3n) is 5.65. The van der Waals surface area contributed by atoms with Crippen molar-refractivity contribution in [3.8, 4) is 0 Å². The normalized spacial score (nSPS) is 13.4. The number of likely N-dealkylation sites (N-methyl/N-ethyl adjacent to an activating group) is 1. The Balaban J connectivity index is 1.28. The molecule has 34 heavy (non-hydrogen) atoms. The van der Waals surface area contributed by atoms with Crippen LogP contribution in [0.3, 0.4) is 0 Å². The summed E-state index contributed by atoms with van der Waals surface area (Å²) in [6, 6.07) is 26.0. The Morgan fingerprint density at radius 3 is 2.56 bits per heavy atom. The van der Waals surface area contributed by atoms with Crippen molar-refractivity contribution in [1.29, 1.82) is 0 Å². The highest BCUT2D eigenvalue weighted by atomic mass is 16.1. The van der Waals surface area contributed by atoms with Crippen molar-refractivity contribution < 1.29 is 4.79 Å². The average molecular weight is 451 g/mol. The SMILES string of the molecule is CN1CCN=C(/C=C/c2ccc(C(=O)NCC/C=C/Nc3ccccc3)cc2)c2ccccc21. The molecule has 0 spiro atoms. The second-order valence-corrected chi connectivity index (χ2v) is 8.12. The third-order valence-corrected chi connectivity index (χ3v) is 5.65. The number of hydrogen-bond acceptors (Lipinski definition) is 4. The van der Waals surface area contributed by atoms with E-state index in [1.165, 1.54) is 5.69 Å². The predicted molar refractivity (Wildman–Crippen MR) is 143 cm³/mol. The molecule has 2 N–H and O–H groups in total. The van der Waals surface area contributed by atoms with Crippen LogP contribution >= 0.6 is 0 Å². The van der Waals surface area contributed by atoms with Gasteiger partial charge in [-0.3, -0.25) is 9.79 Å². The zero-order chi connectivity index (χ0) is 23.6. The molecule has 0 bridgehead atoms. The molecule has 0 saturated heterocycles. The van der Waals surface area contributed by atoms with E-state index in [2.05, 4.69) is 46.9 Å². The van der Waals surface area contributed by atoms with E-state index in [1.807, 2.05) is 79.0 Å². The van der Waals surface area contributed by atoms with Gasteiger partial charge in [-0.15, -0.1) is 0 Å². The molecule has 5 nitrogen and oxygen atoms in total. The Morgan fingerprint density at radius 2 is 1.74 bits per heavy atom. The first-order chi connectivity index (χ1) is 16.7. The van der Waals surface area contributed by atoms with E-state index in [0.29, 0.717) is 12.1 Å². The summed E-state index contributed by atoms with van der Waals surface area (Å²) in [6.07, 6.45) is 8.77. The smallest absolute Gasteiger partial charge is 0.251 e. The lowest BCUT2D eigenvalue weighted by Gasteiger charge is -2.18. The summed E-state index contributed by atoms with van der Waals surface area (Å²) in [5, 5.41) is 6.17. The maximum absolute atomic E-state index is 12.4. The minimum Gasteiger partial charge on any atom is -0.372 e. The first-order valence-electron chi connectivity index (χ1n) is 11.6. The van der Waals surface area contributed by atoms with E-state index < -0.39 is 0 Å². The van der Waals surface area contributed by atoms with Gasteiger partial charge < -0.3 is 15.5 Å². The molecule has 5 heteroatoms. The average Bonchev–Trinajstić information content (AvgIpc) is 3.04. The second kappa shape index (κ2) is 11.7. The largest absolute Gasteiger partial charge is 0.372 e. The number of benzodiazepines with no additional fused rings is 1. The lowest BCUT2D eigenvalue weighted by Crippen LogP contribution is -2.24. The van der Waals surface area contributed by atoms with Crippen LogP contribution in [-0.4, -0.2) is 38.3 Å². The highest BCUT2D eigenvalue weighted by molar-refractivity contribution is 6.14. The monoisotopic (exact) mass is 450 g/mol. The van der Waals surface area contributed by atoms with Crippen LogP contribution in [0.15, 0.2) is 102 Å². The van der Waals surface area contributed by atoms with E-state index in [-0.39, 0.29) is 5.91 Å². The van der Waals surface area contributed by atoms with Crippen LogP contribution in [0.4, 0.5) is 11.4 Å². The minimum absolute atomic E-state index is 0.0648. The number of nitrogens with zero attached hydrogens (tertiary/aromatic N) is 2. The van der Waals surface area contributed by atoms with Gasteiger partial charge in [-0.1, -0.05) is 60.7 Å². The van der Waals surface area contributed by atoms with E-state index in [1.54, 1.807) is 0 Å². The van der Waals surface area contributed by atoms with Crippen molar-refractivity contribution in [1.82, 2.24) is 5.32 Å². The molecule has 3 aromatic carbocycles. The zero-order valence-electron chi connectivity index (χ0n) is 19.4. The molecular weight excluding hydrogens is 420 g/mol. The molecule has 0 saturated carbocycles. The summed E-state index contributed by atoms with van der Waals surface area (Å²) in [6.45, 7) is 2.25. The highest BCUT2D eigenvalue weighted by Crippen LogP contribution is 2.23. The molecule has 1 amide bonds. The number of allylic oxidation sites excluding steroid dienone is 1. The summed E-state index contributed by atoms with van der Waals surface area (Å²) in [5.41, 5.74) is 6.05. The first-order valence-corrected chi connectivity index (χ1v) is 11.6. The number of anilines is 2. The topological polar surface area (TPSA) is 56.7 Å². The van der Waals surface area contributed by atoms with Gasteiger partial charge in [0, 0.05) is 42.6 Å². The molecule has 0 radical (unpaired) electrons. The van der Waals surface area contributed by atoms with Crippen molar-refractivity contribution in [2.45, 2.75) is 6.42 Å². The van der Waals surface area contributed by atoms with Gasteiger partial charge in [-0.2, -0.15) is 0 Å². The van der Waals surface area contributed by atoms with Crippen molar-refractivity contribution in [2.24, 2.45) is 4.99 Å². The zero-order valence-corrected chi connectivity index (χ0v) is 19.4. The fourth-order valence-electron chi connectivity index (χ4n) is 3.76. The van der Waals surface area contributed by atoms with Gasteiger partial charge >= 0.3 is 0 Å². The number of aliphatic imine (C=N–C) groups is 1. The number of carbonyl (C=O) groups is 1. The molecule has 1 heterocycles. The van der Waals surface area contributed by atoms with Crippen LogP contribution in [0, 0.1) is 0 Å². The summed E-state index contributed by atoms with van der Waals surface area (Å²) in [4.78, 5) is 19.4. The summed E-state index contributed by atoms with van der Waals surface area (Å²) >= 11 is 0. The fraction of sp³-hybridized carbons (Fsp3) is 0.172. The number of para-hydroxylation sites is 2. The summed E-state index contributed by atoms with van der Waals surface area (Å²) < 4.78 is 0. The van der Waals surface area contributed by atoms with Crippen LogP contribution in [0.2, 0.25) is 0 Å². The number of nitrogens with one attached hydrogen (secondary N) is 2. The number of benzene rings is 3. The van der Waals surface area contributed by atoms with Gasteiger partial charge in [0.2, 0.25) is 0 Å². The number of rotatable bonds is 8. The second-order valence-electron chi connectivity index (χ2n) is 8.12. The Labute approximate surface area is 201 Å². The molecule has 0 atom stereocenters. The maximum Gasteiger partial charge on any atom is 0.251 e. The highest BCUT2D eigenvalue weighted by Gasteiger charge is 2.13. The molecule has 3 aromatic rings. The van der Waals surface area contributed by atoms with Gasteiger partial charge in [-0.05, 0) is 54.6 Å². The minimum atomic E-state index is -0.0648. The molecule has 0 unspecified atom stereocenters. The lowest BCUT2D eigenvalue weighted by atomic mass is 10.0. The van der Waals surface area contributed by atoms with Gasteiger partial charge in [-0.25, -0.2) is 0 Å². The van der Waals surface area contributed by atoms with Crippen molar-refractivity contribution in [2.75, 3.05) is 36.9 Å². The molecule has 0 fully saturated rings. The molecule has 0 aliphatic carbocycles. The van der Waals surface area contributed by atoms with Crippen LogP contribution in [0.25, 0.3) is 6.08 Å². The number of carbonyl (C=O) groups excluding carboxylic acids is 1. The van der Waals surface area contributed by atoms with Crippen molar-refractivity contribution >= 4 is 29.1 Å². The molecular formula is C29H30N4O.